The first kappa shape index (κ1) is 16.4. The minimum Gasteiger partial charge on any atom is -0.320 e. The molecular formula is C18H16N4O3. The van der Waals surface area contributed by atoms with Crippen molar-refractivity contribution in [2.75, 3.05) is 5.32 Å². The lowest BCUT2D eigenvalue weighted by molar-refractivity contribution is -0.385. The quantitative estimate of drug-likeness (QED) is 0.582. The van der Waals surface area contributed by atoms with Gasteiger partial charge in [-0.3, -0.25) is 19.6 Å². The Kier molecular flexibility index (Phi) is 4.30. The van der Waals surface area contributed by atoms with E-state index in [-0.39, 0.29) is 17.1 Å². The van der Waals surface area contributed by atoms with Crippen molar-refractivity contribution in [2.45, 2.75) is 6.92 Å². The number of rotatable bonds is 4. The molecule has 2 aromatic carbocycles. The predicted molar refractivity (Wildman–Crippen MR) is 94.4 cm³/mol. The lowest BCUT2D eigenvalue weighted by Crippen LogP contribution is -2.17. The Labute approximate surface area is 144 Å². The van der Waals surface area contributed by atoms with Crippen molar-refractivity contribution >= 4 is 17.3 Å². The number of amides is 1. The maximum atomic E-state index is 12.5. The van der Waals surface area contributed by atoms with Gasteiger partial charge < -0.3 is 5.32 Å². The van der Waals surface area contributed by atoms with Crippen molar-refractivity contribution < 1.29 is 9.72 Å². The van der Waals surface area contributed by atoms with E-state index in [1.165, 1.54) is 18.7 Å². The summed E-state index contributed by atoms with van der Waals surface area (Å²) in [4.78, 5) is 23.1. The van der Waals surface area contributed by atoms with Gasteiger partial charge in [-0.1, -0.05) is 42.5 Å². The van der Waals surface area contributed by atoms with Crippen LogP contribution in [0, 0.1) is 17.0 Å². The molecule has 0 radical (unpaired) electrons. The summed E-state index contributed by atoms with van der Waals surface area (Å²) in [5.74, 6) is -0.567. The van der Waals surface area contributed by atoms with Gasteiger partial charge in [-0.15, -0.1) is 0 Å². The van der Waals surface area contributed by atoms with Crippen molar-refractivity contribution in [2.24, 2.45) is 7.05 Å². The average molecular weight is 336 g/mol. The van der Waals surface area contributed by atoms with Crippen LogP contribution in [0.1, 0.15) is 16.2 Å². The molecule has 1 amide bonds. The minimum absolute atomic E-state index is 0.0744. The topological polar surface area (TPSA) is 90.1 Å². The molecule has 0 aliphatic heterocycles. The van der Waals surface area contributed by atoms with E-state index in [9.17, 15) is 14.9 Å². The van der Waals surface area contributed by atoms with E-state index in [0.29, 0.717) is 5.69 Å². The van der Waals surface area contributed by atoms with Gasteiger partial charge in [0.25, 0.3) is 5.91 Å². The first-order valence-corrected chi connectivity index (χ1v) is 7.62. The Morgan fingerprint density at radius 1 is 1.08 bits per heavy atom. The molecule has 0 saturated heterocycles. The van der Waals surface area contributed by atoms with E-state index in [4.69, 9.17) is 0 Å². The molecule has 3 rings (SSSR count). The molecule has 1 N–H and O–H groups in total. The minimum atomic E-state index is -0.588. The molecule has 1 aromatic heterocycles. The number of nitro groups is 1. The van der Waals surface area contributed by atoms with E-state index < -0.39 is 10.8 Å². The SMILES string of the molecule is Cc1nn(C)c(C(=O)Nc2ccc(-c3ccccc3)cc2)c1[N+](=O)[O-]. The van der Waals surface area contributed by atoms with Gasteiger partial charge in [0, 0.05) is 12.7 Å². The van der Waals surface area contributed by atoms with Crippen molar-refractivity contribution in [3.63, 3.8) is 0 Å². The van der Waals surface area contributed by atoms with Crippen LogP contribution < -0.4 is 5.32 Å². The Morgan fingerprint density at radius 2 is 1.68 bits per heavy atom. The third-order valence-electron chi connectivity index (χ3n) is 3.84. The second-order valence-electron chi connectivity index (χ2n) is 5.56. The second kappa shape index (κ2) is 6.56. The fourth-order valence-corrected chi connectivity index (χ4v) is 2.69. The maximum absolute atomic E-state index is 12.5. The summed E-state index contributed by atoms with van der Waals surface area (Å²) in [5, 5.41) is 17.8. The van der Waals surface area contributed by atoms with E-state index in [1.54, 1.807) is 12.1 Å². The number of nitrogens with zero attached hydrogens (tertiary/aromatic N) is 3. The highest BCUT2D eigenvalue weighted by molar-refractivity contribution is 6.06. The zero-order valence-electron chi connectivity index (χ0n) is 13.8. The van der Waals surface area contributed by atoms with E-state index in [1.807, 2.05) is 42.5 Å². The van der Waals surface area contributed by atoms with Crippen molar-refractivity contribution in [3.05, 3.63) is 76.1 Å². The molecule has 1 heterocycles. The van der Waals surface area contributed by atoms with Crippen LogP contribution in [0.4, 0.5) is 11.4 Å². The number of aromatic nitrogens is 2. The lowest BCUT2D eigenvalue weighted by Gasteiger charge is -2.07. The molecule has 126 valence electrons. The fraction of sp³-hybridized carbons (Fsp3) is 0.111. The van der Waals surface area contributed by atoms with Gasteiger partial charge in [-0.25, -0.2) is 0 Å². The normalized spacial score (nSPS) is 10.5. The van der Waals surface area contributed by atoms with Crippen LogP contribution in [-0.2, 0) is 7.05 Å². The molecule has 0 aliphatic rings. The third-order valence-corrected chi connectivity index (χ3v) is 3.84. The van der Waals surface area contributed by atoms with Crippen LogP contribution >= 0.6 is 0 Å². The standard InChI is InChI=1S/C18H16N4O3/c1-12-16(22(24)25)17(21(2)20-12)18(23)19-15-10-8-14(9-11-15)13-6-4-3-5-7-13/h3-11H,1-2H3,(H,19,23). The highest BCUT2D eigenvalue weighted by atomic mass is 16.6. The molecule has 0 fully saturated rings. The van der Waals surface area contributed by atoms with E-state index in [2.05, 4.69) is 10.4 Å². The highest BCUT2D eigenvalue weighted by Gasteiger charge is 2.29. The monoisotopic (exact) mass is 336 g/mol. The summed E-state index contributed by atoms with van der Waals surface area (Å²) in [6, 6.07) is 17.1. The van der Waals surface area contributed by atoms with Crippen LogP contribution in [-0.4, -0.2) is 20.6 Å². The molecule has 7 nitrogen and oxygen atoms in total. The summed E-state index contributed by atoms with van der Waals surface area (Å²) in [7, 11) is 1.51. The smallest absolute Gasteiger partial charge is 0.320 e. The maximum Gasteiger partial charge on any atom is 0.322 e. The molecule has 25 heavy (non-hydrogen) atoms. The average Bonchev–Trinajstić information content (AvgIpc) is 2.90. The number of hydrogen-bond donors (Lipinski definition) is 1. The molecule has 0 unspecified atom stereocenters. The van der Waals surface area contributed by atoms with Gasteiger partial charge >= 0.3 is 5.69 Å². The first-order valence-electron chi connectivity index (χ1n) is 7.62. The number of benzene rings is 2. The molecule has 0 spiro atoms. The Balaban J connectivity index is 1.84. The number of nitrogens with one attached hydrogen (secondary N) is 1. The van der Waals surface area contributed by atoms with Gasteiger partial charge in [0.2, 0.25) is 5.69 Å². The second-order valence-corrected chi connectivity index (χ2v) is 5.56. The number of anilines is 1. The Morgan fingerprint density at radius 3 is 2.28 bits per heavy atom. The van der Waals surface area contributed by atoms with Gasteiger partial charge in [0.15, 0.2) is 0 Å². The molecule has 0 atom stereocenters. The lowest BCUT2D eigenvalue weighted by atomic mass is 10.1. The van der Waals surface area contributed by atoms with Crippen LogP contribution in [0.5, 0.6) is 0 Å². The summed E-state index contributed by atoms with van der Waals surface area (Å²) in [6.07, 6.45) is 0. The number of hydrogen-bond acceptors (Lipinski definition) is 4. The predicted octanol–water partition coefficient (Wildman–Crippen LogP) is 3.56. The Bertz CT molecular complexity index is 931. The first-order chi connectivity index (χ1) is 12.0. The van der Waals surface area contributed by atoms with Crippen LogP contribution in [0.15, 0.2) is 54.6 Å². The summed E-state index contributed by atoms with van der Waals surface area (Å²) < 4.78 is 1.22. The number of carbonyl (C=O) groups excluding carboxylic acids is 1. The molecule has 0 saturated carbocycles. The zero-order valence-corrected chi connectivity index (χ0v) is 13.8. The molecule has 0 aliphatic carbocycles. The molecule has 7 heteroatoms. The molecule has 0 bridgehead atoms. The van der Waals surface area contributed by atoms with Crippen LogP contribution in [0.2, 0.25) is 0 Å². The zero-order chi connectivity index (χ0) is 18.0. The van der Waals surface area contributed by atoms with Gasteiger partial charge in [-0.05, 0) is 30.2 Å². The molecule has 3 aromatic rings. The van der Waals surface area contributed by atoms with E-state index >= 15 is 0 Å². The largest absolute Gasteiger partial charge is 0.322 e. The van der Waals surface area contributed by atoms with Crippen molar-refractivity contribution in [1.29, 1.82) is 0 Å². The summed E-state index contributed by atoms with van der Waals surface area (Å²) in [6.45, 7) is 1.50. The third kappa shape index (κ3) is 3.25. The van der Waals surface area contributed by atoms with Crippen LogP contribution in [0.3, 0.4) is 0 Å². The van der Waals surface area contributed by atoms with Gasteiger partial charge in [-0.2, -0.15) is 5.10 Å². The number of carbonyl (C=O) groups is 1. The summed E-state index contributed by atoms with van der Waals surface area (Å²) in [5.41, 5.74) is 2.49. The number of aryl methyl sites for hydroxylation is 2. The van der Waals surface area contributed by atoms with Crippen molar-refractivity contribution in [3.8, 4) is 11.1 Å². The van der Waals surface area contributed by atoms with Gasteiger partial charge in [0.05, 0.1) is 4.92 Å². The summed E-state index contributed by atoms with van der Waals surface area (Å²) >= 11 is 0. The van der Waals surface area contributed by atoms with Crippen LogP contribution in [0.25, 0.3) is 11.1 Å². The highest BCUT2D eigenvalue weighted by Crippen LogP contribution is 2.24. The molecular weight excluding hydrogens is 320 g/mol. The Hall–Kier alpha value is -3.48. The van der Waals surface area contributed by atoms with E-state index in [0.717, 1.165) is 11.1 Å². The van der Waals surface area contributed by atoms with Crippen molar-refractivity contribution in [1.82, 2.24) is 9.78 Å². The fourth-order valence-electron chi connectivity index (χ4n) is 2.69. The van der Waals surface area contributed by atoms with Gasteiger partial charge in [0.1, 0.15) is 5.69 Å².